The van der Waals surface area contributed by atoms with E-state index in [9.17, 15) is 9.18 Å². The molecular weight excluding hydrogens is 285 g/mol. The van der Waals surface area contributed by atoms with Crippen LogP contribution in [-0.2, 0) is 9.53 Å². The number of hydrogen-bond donors (Lipinski definition) is 1. The van der Waals surface area contributed by atoms with Gasteiger partial charge in [0.1, 0.15) is 17.7 Å². The van der Waals surface area contributed by atoms with Gasteiger partial charge in [-0.1, -0.05) is 12.1 Å². The lowest BCUT2D eigenvalue weighted by Crippen LogP contribution is -2.37. The van der Waals surface area contributed by atoms with Crippen LogP contribution >= 0.6 is 0 Å². The molecule has 0 amide bonds. The number of carbonyl (C=O) groups is 1. The molecule has 1 aliphatic heterocycles. The fraction of sp³-hybridized carbons (Fsp3) is 0.375. The molecule has 5 nitrogen and oxygen atoms in total. The van der Waals surface area contributed by atoms with E-state index in [1.54, 1.807) is 19.3 Å². The summed E-state index contributed by atoms with van der Waals surface area (Å²) in [5.74, 6) is 0.0438. The monoisotopic (exact) mass is 303 g/mol. The Morgan fingerprint density at radius 1 is 1.50 bits per heavy atom. The van der Waals surface area contributed by atoms with E-state index in [1.807, 2.05) is 11.0 Å². The number of benzene rings is 1. The fourth-order valence-corrected chi connectivity index (χ4v) is 3.06. The Morgan fingerprint density at radius 3 is 3.05 bits per heavy atom. The molecule has 22 heavy (non-hydrogen) atoms. The molecule has 0 bridgehead atoms. The van der Waals surface area contributed by atoms with Gasteiger partial charge >= 0.3 is 5.97 Å². The zero-order valence-corrected chi connectivity index (χ0v) is 12.6. The Labute approximate surface area is 128 Å². The van der Waals surface area contributed by atoms with Gasteiger partial charge in [-0.25, -0.2) is 14.2 Å². The number of hydrogen-bond acceptors (Lipinski definition) is 5. The second kappa shape index (κ2) is 5.79. The minimum Gasteiger partial charge on any atom is -0.467 e. The van der Waals surface area contributed by atoms with Crippen LogP contribution in [0.4, 0.5) is 15.9 Å². The van der Waals surface area contributed by atoms with Gasteiger partial charge in [-0.05, 0) is 18.9 Å². The number of aromatic nitrogens is 1. The summed E-state index contributed by atoms with van der Waals surface area (Å²) in [7, 11) is 3.11. The molecule has 2 aromatic rings. The molecule has 1 atom stereocenters. The van der Waals surface area contributed by atoms with Gasteiger partial charge in [0.15, 0.2) is 0 Å². The average Bonchev–Trinajstić information content (AvgIpc) is 3.02. The highest BCUT2D eigenvalue weighted by molar-refractivity contribution is 6.01. The quantitative estimate of drug-likeness (QED) is 0.883. The van der Waals surface area contributed by atoms with Gasteiger partial charge in [0.25, 0.3) is 0 Å². The molecule has 0 radical (unpaired) electrons. The molecule has 0 aliphatic carbocycles. The first-order valence-corrected chi connectivity index (χ1v) is 7.26. The largest absolute Gasteiger partial charge is 0.467 e. The van der Waals surface area contributed by atoms with Crippen molar-refractivity contribution < 1.29 is 13.9 Å². The number of nitrogens with one attached hydrogen (secondary N) is 1. The van der Waals surface area contributed by atoms with Crippen LogP contribution in [0.3, 0.4) is 0 Å². The van der Waals surface area contributed by atoms with Crippen molar-refractivity contribution in [2.24, 2.45) is 0 Å². The fourth-order valence-electron chi connectivity index (χ4n) is 3.06. The van der Waals surface area contributed by atoms with Crippen molar-refractivity contribution in [3.63, 3.8) is 0 Å². The van der Waals surface area contributed by atoms with E-state index < -0.39 is 0 Å². The maximum atomic E-state index is 14.2. The zero-order chi connectivity index (χ0) is 15.7. The maximum absolute atomic E-state index is 14.2. The summed E-state index contributed by atoms with van der Waals surface area (Å²) >= 11 is 0. The van der Waals surface area contributed by atoms with Gasteiger partial charge in [-0.15, -0.1) is 0 Å². The highest BCUT2D eigenvalue weighted by Gasteiger charge is 2.33. The Hall–Kier alpha value is -2.37. The van der Waals surface area contributed by atoms with Crippen molar-refractivity contribution >= 4 is 28.2 Å². The molecule has 1 aliphatic rings. The standard InChI is InChI=1S/C16H18FN3O2/c1-18-12-9-19-15(10-5-3-6-11(17)14(10)12)20-8-4-7-13(20)16(21)22-2/h3,5-6,9,13,18H,4,7-8H2,1-2H3. The van der Waals surface area contributed by atoms with Crippen LogP contribution in [0.1, 0.15) is 12.8 Å². The maximum Gasteiger partial charge on any atom is 0.328 e. The number of fused-ring (bicyclic) bond motifs is 1. The zero-order valence-electron chi connectivity index (χ0n) is 12.6. The third kappa shape index (κ3) is 2.24. The van der Waals surface area contributed by atoms with Crippen LogP contribution in [0.25, 0.3) is 10.8 Å². The summed E-state index contributed by atoms with van der Waals surface area (Å²) in [6, 6.07) is 4.55. The smallest absolute Gasteiger partial charge is 0.328 e. The molecule has 0 saturated carbocycles. The number of carbonyl (C=O) groups excluding carboxylic acids is 1. The molecule has 0 spiro atoms. The van der Waals surface area contributed by atoms with Crippen molar-refractivity contribution in [3.05, 3.63) is 30.2 Å². The lowest BCUT2D eigenvalue weighted by molar-refractivity contribution is -0.141. The van der Waals surface area contributed by atoms with Gasteiger partial charge in [0, 0.05) is 24.4 Å². The van der Waals surface area contributed by atoms with E-state index in [4.69, 9.17) is 4.74 Å². The van der Waals surface area contributed by atoms with Crippen LogP contribution in [0.2, 0.25) is 0 Å². The van der Waals surface area contributed by atoms with Gasteiger partial charge in [0.05, 0.1) is 19.0 Å². The SMILES string of the molecule is CNc1cnc(N2CCCC2C(=O)OC)c2cccc(F)c12. The lowest BCUT2D eigenvalue weighted by Gasteiger charge is -2.25. The van der Waals surface area contributed by atoms with Crippen molar-refractivity contribution in [2.75, 3.05) is 30.9 Å². The number of anilines is 2. The molecule has 6 heteroatoms. The highest BCUT2D eigenvalue weighted by Crippen LogP contribution is 2.35. The van der Waals surface area contributed by atoms with Gasteiger partial charge in [-0.2, -0.15) is 0 Å². The topological polar surface area (TPSA) is 54.5 Å². The molecular formula is C16H18FN3O2. The molecule has 116 valence electrons. The molecule has 3 rings (SSSR count). The third-order valence-electron chi connectivity index (χ3n) is 4.11. The second-order valence-electron chi connectivity index (χ2n) is 5.28. The van der Waals surface area contributed by atoms with E-state index in [-0.39, 0.29) is 17.8 Å². The summed E-state index contributed by atoms with van der Waals surface area (Å²) in [6.07, 6.45) is 3.21. The first-order valence-electron chi connectivity index (χ1n) is 7.26. The number of nitrogens with zero attached hydrogens (tertiary/aromatic N) is 2. The van der Waals surface area contributed by atoms with E-state index in [0.717, 1.165) is 12.8 Å². The molecule has 1 aromatic heterocycles. The predicted octanol–water partition coefficient (Wildman–Crippen LogP) is 2.56. The second-order valence-corrected chi connectivity index (χ2v) is 5.28. The Kier molecular flexibility index (Phi) is 3.83. The van der Waals surface area contributed by atoms with Crippen molar-refractivity contribution in [1.29, 1.82) is 0 Å². The van der Waals surface area contributed by atoms with E-state index in [1.165, 1.54) is 13.2 Å². The van der Waals surface area contributed by atoms with Gasteiger partial charge < -0.3 is 15.0 Å². The molecule has 2 heterocycles. The first kappa shape index (κ1) is 14.6. The summed E-state index contributed by atoms with van der Waals surface area (Å²) in [5.41, 5.74) is 0.630. The normalized spacial score (nSPS) is 17.8. The summed E-state index contributed by atoms with van der Waals surface area (Å²) in [6.45, 7) is 0.706. The van der Waals surface area contributed by atoms with E-state index in [2.05, 4.69) is 10.3 Å². The minimum atomic E-state index is -0.357. The number of pyridine rings is 1. The summed E-state index contributed by atoms with van der Waals surface area (Å²) in [4.78, 5) is 18.3. The highest BCUT2D eigenvalue weighted by atomic mass is 19.1. The first-order chi connectivity index (χ1) is 10.7. The van der Waals surface area contributed by atoms with Crippen molar-refractivity contribution in [1.82, 2.24) is 4.98 Å². The molecule has 1 fully saturated rings. The summed E-state index contributed by atoms with van der Waals surface area (Å²) in [5, 5.41) is 4.15. The van der Waals surface area contributed by atoms with Crippen LogP contribution < -0.4 is 10.2 Å². The van der Waals surface area contributed by atoms with Crippen LogP contribution in [-0.4, -0.2) is 37.7 Å². The number of halogens is 1. The van der Waals surface area contributed by atoms with Crippen molar-refractivity contribution in [3.8, 4) is 0 Å². The van der Waals surface area contributed by atoms with E-state index in [0.29, 0.717) is 28.8 Å². The van der Waals surface area contributed by atoms with Crippen LogP contribution in [0.15, 0.2) is 24.4 Å². The summed E-state index contributed by atoms with van der Waals surface area (Å²) < 4.78 is 19.1. The lowest BCUT2D eigenvalue weighted by atomic mass is 10.1. The Bertz CT molecular complexity index is 720. The number of methoxy groups -OCH3 is 1. The minimum absolute atomic E-state index is 0.276. The predicted molar refractivity (Wildman–Crippen MR) is 83.6 cm³/mol. The van der Waals surface area contributed by atoms with Gasteiger partial charge in [-0.3, -0.25) is 0 Å². The number of ether oxygens (including phenoxy) is 1. The Morgan fingerprint density at radius 2 is 2.32 bits per heavy atom. The molecule has 1 N–H and O–H groups in total. The van der Waals surface area contributed by atoms with Crippen molar-refractivity contribution in [2.45, 2.75) is 18.9 Å². The van der Waals surface area contributed by atoms with Crippen LogP contribution in [0, 0.1) is 5.82 Å². The molecule has 1 unspecified atom stereocenters. The molecule has 1 saturated heterocycles. The number of rotatable bonds is 3. The van der Waals surface area contributed by atoms with Gasteiger partial charge in [0.2, 0.25) is 0 Å². The Balaban J connectivity index is 2.16. The van der Waals surface area contributed by atoms with E-state index >= 15 is 0 Å². The molecule has 1 aromatic carbocycles. The third-order valence-corrected chi connectivity index (χ3v) is 4.11. The number of esters is 1. The van der Waals surface area contributed by atoms with Crippen LogP contribution in [0.5, 0.6) is 0 Å². The average molecular weight is 303 g/mol.